The van der Waals surface area contributed by atoms with E-state index < -0.39 is 5.97 Å². The standard InChI is InChI=1S/C9H7NO2/c1-3-8-4-5-9(10-6-8)12-7(2)11/h1,4-6H,2H3. The van der Waals surface area contributed by atoms with Crippen LogP contribution in [-0.2, 0) is 4.79 Å². The SMILES string of the molecule is C#Cc1ccc(OC(C)=O)nc1. The highest BCUT2D eigenvalue weighted by atomic mass is 16.5. The first-order chi connectivity index (χ1) is 5.72. The lowest BCUT2D eigenvalue weighted by Crippen LogP contribution is -2.02. The highest BCUT2D eigenvalue weighted by molar-refractivity contribution is 5.68. The summed E-state index contributed by atoms with van der Waals surface area (Å²) in [7, 11) is 0. The third-order valence-corrected chi connectivity index (χ3v) is 1.15. The fraction of sp³-hybridized carbons (Fsp3) is 0.111. The van der Waals surface area contributed by atoms with E-state index in [1.54, 1.807) is 12.1 Å². The molecule has 1 aromatic rings. The van der Waals surface area contributed by atoms with Crippen LogP contribution in [0.4, 0.5) is 0 Å². The molecule has 0 fully saturated rings. The molecule has 3 heteroatoms. The van der Waals surface area contributed by atoms with Gasteiger partial charge in [0.2, 0.25) is 5.88 Å². The van der Waals surface area contributed by atoms with E-state index in [9.17, 15) is 4.79 Å². The van der Waals surface area contributed by atoms with Gasteiger partial charge in [-0.3, -0.25) is 4.79 Å². The van der Waals surface area contributed by atoms with Crippen molar-refractivity contribution in [2.45, 2.75) is 6.92 Å². The molecule has 0 aliphatic carbocycles. The van der Waals surface area contributed by atoms with Crippen LogP contribution >= 0.6 is 0 Å². The lowest BCUT2D eigenvalue weighted by Gasteiger charge is -1.97. The molecule has 0 aliphatic heterocycles. The van der Waals surface area contributed by atoms with Crippen LogP contribution in [0.25, 0.3) is 0 Å². The Morgan fingerprint density at radius 2 is 2.42 bits per heavy atom. The van der Waals surface area contributed by atoms with E-state index in [2.05, 4.69) is 10.9 Å². The van der Waals surface area contributed by atoms with Gasteiger partial charge in [-0.15, -0.1) is 6.42 Å². The number of aromatic nitrogens is 1. The Morgan fingerprint density at radius 3 is 2.83 bits per heavy atom. The fourth-order valence-electron chi connectivity index (χ4n) is 0.673. The molecular formula is C9H7NO2. The minimum atomic E-state index is -0.393. The molecule has 12 heavy (non-hydrogen) atoms. The summed E-state index contributed by atoms with van der Waals surface area (Å²) in [5.41, 5.74) is 0.658. The van der Waals surface area contributed by atoms with E-state index in [1.807, 2.05) is 0 Å². The second kappa shape index (κ2) is 3.54. The topological polar surface area (TPSA) is 39.2 Å². The molecule has 0 radical (unpaired) electrons. The summed E-state index contributed by atoms with van der Waals surface area (Å²) in [6.45, 7) is 1.32. The normalized spacial score (nSPS) is 8.67. The van der Waals surface area contributed by atoms with Gasteiger partial charge in [-0.1, -0.05) is 5.92 Å². The van der Waals surface area contributed by atoms with Gasteiger partial charge in [0, 0.05) is 24.8 Å². The summed E-state index contributed by atoms with van der Waals surface area (Å²) in [4.78, 5) is 14.3. The number of hydrogen-bond acceptors (Lipinski definition) is 3. The van der Waals surface area contributed by atoms with Crippen molar-refractivity contribution in [2.75, 3.05) is 0 Å². The van der Waals surface area contributed by atoms with Gasteiger partial charge in [-0.05, 0) is 6.07 Å². The molecule has 60 valence electrons. The first-order valence-electron chi connectivity index (χ1n) is 3.33. The zero-order chi connectivity index (χ0) is 8.97. The zero-order valence-corrected chi connectivity index (χ0v) is 6.57. The number of terminal acetylenes is 1. The number of pyridine rings is 1. The quantitative estimate of drug-likeness (QED) is 0.455. The molecule has 3 nitrogen and oxygen atoms in total. The van der Waals surface area contributed by atoms with Crippen molar-refractivity contribution >= 4 is 5.97 Å². The van der Waals surface area contributed by atoms with Gasteiger partial charge in [-0.25, -0.2) is 4.98 Å². The third kappa shape index (κ3) is 2.10. The van der Waals surface area contributed by atoms with Gasteiger partial charge in [0.25, 0.3) is 0 Å². The number of esters is 1. The Hall–Kier alpha value is -1.82. The second-order valence-corrected chi connectivity index (χ2v) is 2.12. The van der Waals surface area contributed by atoms with Crippen LogP contribution in [-0.4, -0.2) is 11.0 Å². The van der Waals surface area contributed by atoms with Gasteiger partial charge >= 0.3 is 5.97 Å². The summed E-state index contributed by atoms with van der Waals surface area (Å²) < 4.78 is 4.70. The van der Waals surface area contributed by atoms with Crippen LogP contribution in [0.1, 0.15) is 12.5 Å². The van der Waals surface area contributed by atoms with E-state index in [-0.39, 0.29) is 5.88 Å². The van der Waals surface area contributed by atoms with Crippen molar-refractivity contribution in [2.24, 2.45) is 0 Å². The van der Waals surface area contributed by atoms with Crippen molar-refractivity contribution in [3.05, 3.63) is 23.9 Å². The Kier molecular flexibility index (Phi) is 2.44. The maximum atomic E-state index is 10.5. The Morgan fingerprint density at radius 1 is 1.67 bits per heavy atom. The number of carbonyl (C=O) groups is 1. The largest absolute Gasteiger partial charge is 0.408 e. The third-order valence-electron chi connectivity index (χ3n) is 1.15. The van der Waals surface area contributed by atoms with E-state index in [4.69, 9.17) is 11.2 Å². The van der Waals surface area contributed by atoms with Gasteiger partial charge in [0.15, 0.2) is 0 Å². The lowest BCUT2D eigenvalue weighted by atomic mass is 10.3. The smallest absolute Gasteiger partial charge is 0.309 e. The van der Waals surface area contributed by atoms with Crippen LogP contribution < -0.4 is 4.74 Å². The van der Waals surface area contributed by atoms with Crippen molar-refractivity contribution in [1.29, 1.82) is 0 Å². The molecule has 0 amide bonds. The summed E-state index contributed by atoms with van der Waals surface area (Å²) in [6, 6.07) is 3.21. The molecule has 0 bridgehead atoms. The Labute approximate surface area is 70.4 Å². The maximum Gasteiger partial charge on any atom is 0.309 e. The van der Waals surface area contributed by atoms with Crippen molar-refractivity contribution in [3.8, 4) is 18.2 Å². The molecule has 0 N–H and O–H groups in total. The number of carbonyl (C=O) groups excluding carboxylic acids is 1. The first kappa shape index (κ1) is 8.28. The lowest BCUT2D eigenvalue weighted by molar-refractivity contribution is -0.132. The van der Waals surface area contributed by atoms with E-state index in [0.29, 0.717) is 5.56 Å². The highest BCUT2D eigenvalue weighted by Gasteiger charge is 1.97. The molecule has 1 heterocycles. The maximum absolute atomic E-state index is 10.5. The summed E-state index contributed by atoms with van der Waals surface area (Å²) in [5, 5.41) is 0. The molecule has 1 rings (SSSR count). The summed E-state index contributed by atoms with van der Waals surface area (Å²) >= 11 is 0. The van der Waals surface area contributed by atoms with E-state index in [1.165, 1.54) is 13.1 Å². The predicted molar refractivity (Wildman–Crippen MR) is 43.5 cm³/mol. The van der Waals surface area contributed by atoms with Crippen LogP contribution in [0, 0.1) is 12.3 Å². The van der Waals surface area contributed by atoms with Gasteiger partial charge in [-0.2, -0.15) is 0 Å². The molecule has 0 atom stereocenters. The minimum Gasteiger partial charge on any atom is -0.408 e. The molecule has 0 aromatic carbocycles. The van der Waals surface area contributed by atoms with Crippen LogP contribution in [0.15, 0.2) is 18.3 Å². The van der Waals surface area contributed by atoms with Crippen LogP contribution in [0.2, 0.25) is 0 Å². The first-order valence-corrected chi connectivity index (χ1v) is 3.33. The summed E-state index contributed by atoms with van der Waals surface area (Å²) in [5.74, 6) is 2.28. The van der Waals surface area contributed by atoms with Crippen LogP contribution in [0.5, 0.6) is 5.88 Å². The zero-order valence-electron chi connectivity index (χ0n) is 6.57. The number of hydrogen-bond donors (Lipinski definition) is 0. The van der Waals surface area contributed by atoms with E-state index >= 15 is 0 Å². The molecule has 1 aromatic heterocycles. The van der Waals surface area contributed by atoms with Crippen molar-refractivity contribution < 1.29 is 9.53 Å². The Balaban J connectivity index is 2.80. The van der Waals surface area contributed by atoms with Crippen molar-refractivity contribution in [1.82, 2.24) is 4.98 Å². The average molecular weight is 161 g/mol. The van der Waals surface area contributed by atoms with Gasteiger partial charge in [0.05, 0.1) is 0 Å². The highest BCUT2D eigenvalue weighted by Crippen LogP contribution is 2.06. The minimum absolute atomic E-state index is 0.265. The molecule has 0 saturated carbocycles. The number of nitrogens with zero attached hydrogens (tertiary/aromatic N) is 1. The van der Waals surface area contributed by atoms with Gasteiger partial charge in [0.1, 0.15) is 0 Å². The number of rotatable bonds is 1. The van der Waals surface area contributed by atoms with E-state index in [0.717, 1.165) is 0 Å². The predicted octanol–water partition coefficient (Wildman–Crippen LogP) is 0.988. The Bertz CT molecular complexity index is 321. The van der Waals surface area contributed by atoms with Crippen molar-refractivity contribution in [3.63, 3.8) is 0 Å². The number of ether oxygens (including phenoxy) is 1. The van der Waals surface area contributed by atoms with Gasteiger partial charge < -0.3 is 4.74 Å². The second-order valence-electron chi connectivity index (χ2n) is 2.12. The molecule has 0 spiro atoms. The fourth-order valence-corrected chi connectivity index (χ4v) is 0.673. The summed E-state index contributed by atoms with van der Waals surface area (Å²) in [6.07, 6.45) is 6.57. The monoisotopic (exact) mass is 161 g/mol. The van der Waals surface area contributed by atoms with Crippen LogP contribution in [0.3, 0.4) is 0 Å². The molecule has 0 unspecified atom stereocenters. The average Bonchev–Trinajstić information content (AvgIpc) is 2.05. The molecule has 0 aliphatic rings. The molecule has 0 saturated heterocycles. The molecular weight excluding hydrogens is 154 g/mol.